The molecule has 0 radical (unpaired) electrons. The standard InChI is InChI=1S/C11H8BrNO3/c1-7-5-8(12)6-9(13(14)15)11(7)10-3-2-4-16-10/h2-6H,1H3. The average molecular weight is 282 g/mol. The van der Waals surface area contributed by atoms with Gasteiger partial charge in [-0.25, -0.2) is 0 Å². The van der Waals surface area contributed by atoms with Gasteiger partial charge in [0.1, 0.15) is 5.76 Å². The fourth-order valence-electron chi connectivity index (χ4n) is 1.61. The predicted molar refractivity (Wildman–Crippen MR) is 63.2 cm³/mol. The molecular weight excluding hydrogens is 274 g/mol. The molecule has 0 aliphatic carbocycles. The number of halogens is 1. The van der Waals surface area contributed by atoms with Crippen LogP contribution in [0.15, 0.2) is 39.4 Å². The van der Waals surface area contributed by atoms with Crippen LogP contribution < -0.4 is 0 Å². The van der Waals surface area contributed by atoms with E-state index in [2.05, 4.69) is 15.9 Å². The summed E-state index contributed by atoms with van der Waals surface area (Å²) in [6.45, 7) is 1.82. The molecule has 1 aromatic carbocycles. The van der Waals surface area contributed by atoms with Crippen molar-refractivity contribution in [2.24, 2.45) is 0 Å². The summed E-state index contributed by atoms with van der Waals surface area (Å²) < 4.78 is 5.90. The van der Waals surface area contributed by atoms with E-state index < -0.39 is 4.92 Å². The molecule has 0 unspecified atom stereocenters. The molecule has 0 bridgehead atoms. The monoisotopic (exact) mass is 281 g/mol. The van der Waals surface area contributed by atoms with E-state index in [0.29, 0.717) is 15.8 Å². The second-order valence-corrected chi connectivity index (χ2v) is 4.27. The van der Waals surface area contributed by atoms with Gasteiger partial charge in [-0.1, -0.05) is 15.9 Å². The van der Waals surface area contributed by atoms with Crippen LogP contribution in [0.3, 0.4) is 0 Å². The van der Waals surface area contributed by atoms with Gasteiger partial charge in [0.2, 0.25) is 0 Å². The maximum absolute atomic E-state index is 11.0. The van der Waals surface area contributed by atoms with Crippen molar-refractivity contribution in [3.05, 3.63) is 50.7 Å². The van der Waals surface area contributed by atoms with Crippen molar-refractivity contribution < 1.29 is 9.34 Å². The highest BCUT2D eigenvalue weighted by atomic mass is 79.9. The number of furan rings is 1. The molecule has 0 aliphatic rings. The van der Waals surface area contributed by atoms with Crippen molar-refractivity contribution in [3.63, 3.8) is 0 Å². The highest BCUT2D eigenvalue weighted by Gasteiger charge is 2.20. The van der Waals surface area contributed by atoms with E-state index in [0.717, 1.165) is 5.56 Å². The van der Waals surface area contributed by atoms with Crippen LogP contribution in [0.1, 0.15) is 5.56 Å². The molecule has 0 fully saturated rings. The molecule has 2 rings (SSSR count). The molecule has 0 saturated carbocycles. The Morgan fingerprint density at radius 1 is 1.44 bits per heavy atom. The van der Waals surface area contributed by atoms with E-state index in [1.807, 2.05) is 13.0 Å². The molecule has 16 heavy (non-hydrogen) atoms. The van der Waals surface area contributed by atoms with E-state index in [1.54, 1.807) is 12.1 Å². The van der Waals surface area contributed by atoms with Crippen LogP contribution in [0.2, 0.25) is 0 Å². The molecule has 5 heteroatoms. The number of hydrogen-bond acceptors (Lipinski definition) is 3. The van der Waals surface area contributed by atoms with Crippen LogP contribution in [0.25, 0.3) is 11.3 Å². The van der Waals surface area contributed by atoms with Gasteiger partial charge in [0.15, 0.2) is 0 Å². The second kappa shape index (κ2) is 4.09. The summed E-state index contributed by atoms with van der Waals surface area (Å²) in [5.74, 6) is 0.511. The van der Waals surface area contributed by atoms with Gasteiger partial charge in [0.05, 0.1) is 16.7 Å². The first-order chi connectivity index (χ1) is 7.59. The minimum Gasteiger partial charge on any atom is -0.464 e. The number of nitro groups is 1. The van der Waals surface area contributed by atoms with Crippen LogP contribution in [0, 0.1) is 17.0 Å². The van der Waals surface area contributed by atoms with Gasteiger partial charge >= 0.3 is 0 Å². The van der Waals surface area contributed by atoms with E-state index >= 15 is 0 Å². The third kappa shape index (κ3) is 1.86. The smallest absolute Gasteiger partial charge is 0.281 e. The Morgan fingerprint density at radius 2 is 2.19 bits per heavy atom. The minimum atomic E-state index is -0.407. The molecule has 0 N–H and O–H groups in total. The molecule has 2 aromatic rings. The summed E-state index contributed by atoms with van der Waals surface area (Å²) in [6, 6.07) is 6.72. The van der Waals surface area contributed by atoms with Crippen molar-refractivity contribution in [3.8, 4) is 11.3 Å². The highest BCUT2D eigenvalue weighted by molar-refractivity contribution is 9.10. The van der Waals surface area contributed by atoms with E-state index in [1.165, 1.54) is 12.3 Å². The third-order valence-electron chi connectivity index (χ3n) is 2.24. The Morgan fingerprint density at radius 3 is 2.75 bits per heavy atom. The molecule has 0 saturated heterocycles. The Balaban J connectivity index is 2.72. The zero-order chi connectivity index (χ0) is 11.7. The number of hydrogen-bond donors (Lipinski definition) is 0. The molecule has 0 aliphatic heterocycles. The summed E-state index contributed by atoms with van der Waals surface area (Å²) in [7, 11) is 0. The average Bonchev–Trinajstić information content (AvgIpc) is 2.69. The van der Waals surface area contributed by atoms with Crippen molar-refractivity contribution in [2.75, 3.05) is 0 Å². The fourth-order valence-corrected chi connectivity index (χ4v) is 2.17. The number of aryl methyl sites for hydroxylation is 1. The second-order valence-electron chi connectivity index (χ2n) is 3.35. The topological polar surface area (TPSA) is 56.3 Å². The molecule has 0 spiro atoms. The molecule has 0 amide bonds. The van der Waals surface area contributed by atoms with Crippen LogP contribution in [-0.4, -0.2) is 4.92 Å². The number of rotatable bonds is 2. The zero-order valence-corrected chi connectivity index (χ0v) is 10.0. The first kappa shape index (κ1) is 10.9. The lowest BCUT2D eigenvalue weighted by atomic mass is 10.0. The summed E-state index contributed by atoms with van der Waals surface area (Å²) in [5, 5.41) is 11.0. The Bertz CT molecular complexity index is 534. The number of benzene rings is 1. The number of nitrogens with zero attached hydrogens (tertiary/aromatic N) is 1. The van der Waals surface area contributed by atoms with Gasteiger partial charge in [-0.15, -0.1) is 0 Å². The summed E-state index contributed by atoms with van der Waals surface area (Å²) in [5.41, 5.74) is 1.37. The molecule has 1 aromatic heterocycles. The van der Waals surface area contributed by atoms with Gasteiger partial charge in [0, 0.05) is 10.5 Å². The summed E-state index contributed by atoms with van der Waals surface area (Å²) in [4.78, 5) is 10.6. The lowest BCUT2D eigenvalue weighted by Crippen LogP contribution is -1.94. The predicted octanol–water partition coefficient (Wildman–Crippen LogP) is 3.93. The van der Waals surface area contributed by atoms with Gasteiger partial charge in [0.25, 0.3) is 5.69 Å². The highest BCUT2D eigenvalue weighted by Crippen LogP contribution is 2.35. The number of nitro benzene ring substituents is 1. The first-order valence-corrected chi connectivity index (χ1v) is 5.37. The van der Waals surface area contributed by atoms with Crippen LogP contribution in [0.5, 0.6) is 0 Å². The van der Waals surface area contributed by atoms with Gasteiger partial charge in [-0.3, -0.25) is 10.1 Å². The van der Waals surface area contributed by atoms with E-state index in [9.17, 15) is 10.1 Å². The van der Waals surface area contributed by atoms with E-state index in [-0.39, 0.29) is 5.69 Å². The Labute approximate surface area is 100 Å². The van der Waals surface area contributed by atoms with Crippen LogP contribution >= 0.6 is 15.9 Å². The minimum absolute atomic E-state index is 0.0434. The zero-order valence-electron chi connectivity index (χ0n) is 8.44. The lowest BCUT2D eigenvalue weighted by molar-refractivity contribution is -0.384. The van der Waals surface area contributed by atoms with E-state index in [4.69, 9.17) is 4.42 Å². The SMILES string of the molecule is Cc1cc(Br)cc([N+](=O)[O-])c1-c1ccco1. The van der Waals surface area contributed by atoms with Crippen molar-refractivity contribution in [1.29, 1.82) is 0 Å². The molecule has 4 nitrogen and oxygen atoms in total. The van der Waals surface area contributed by atoms with Crippen molar-refractivity contribution >= 4 is 21.6 Å². The molecule has 1 heterocycles. The Hall–Kier alpha value is -1.62. The maximum Gasteiger partial charge on any atom is 0.281 e. The first-order valence-electron chi connectivity index (χ1n) is 4.58. The Kier molecular flexibility index (Phi) is 2.78. The van der Waals surface area contributed by atoms with Gasteiger partial charge in [-0.05, 0) is 30.7 Å². The lowest BCUT2D eigenvalue weighted by Gasteiger charge is -2.04. The van der Waals surface area contributed by atoms with Gasteiger partial charge < -0.3 is 4.42 Å². The summed E-state index contributed by atoms with van der Waals surface area (Å²) >= 11 is 3.24. The quantitative estimate of drug-likeness (QED) is 0.619. The summed E-state index contributed by atoms with van der Waals surface area (Å²) in [6.07, 6.45) is 1.50. The molecule has 0 atom stereocenters. The molecule has 82 valence electrons. The molecular formula is C11H8BrNO3. The van der Waals surface area contributed by atoms with Crippen molar-refractivity contribution in [1.82, 2.24) is 0 Å². The largest absolute Gasteiger partial charge is 0.464 e. The van der Waals surface area contributed by atoms with Crippen LogP contribution in [-0.2, 0) is 0 Å². The fraction of sp³-hybridized carbons (Fsp3) is 0.0909. The van der Waals surface area contributed by atoms with Crippen LogP contribution in [0.4, 0.5) is 5.69 Å². The maximum atomic E-state index is 11.0. The third-order valence-corrected chi connectivity index (χ3v) is 2.70. The van der Waals surface area contributed by atoms with Crippen molar-refractivity contribution in [2.45, 2.75) is 6.92 Å². The normalized spacial score (nSPS) is 10.4. The van der Waals surface area contributed by atoms with Gasteiger partial charge in [-0.2, -0.15) is 0 Å².